The third-order valence-corrected chi connectivity index (χ3v) is 6.60. The molecule has 0 saturated carbocycles. The first-order valence-electron chi connectivity index (χ1n) is 12.8. The van der Waals surface area contributed by atoms with Crippen molar-refractivity contribution in [3.63, 3.8) is 0 Å². The third kappa shape index (κ3) is 7.94. The Balaban J connectivity index is 1.47. The molecule has 1 heterocycles. The smallest absolute Gasteiger partial charge is 0.321 e. The number of rotatable bonds is 13. The molecule has 1 saturated heterocycles. The lowest BCUT2D eigenvalue weighted by Crippen LogP contribution is -2.35. The minimum Gasteiger partial charge on any atom is -0.494 e. The van der Waals surface area contributed by atoms with Crippen LogP contribution in [0.2, 0.25) is 0 Å². The highest BCUT2D eigenvalue weighted by Crippen LogP contribution is 2.23. The number of hydrogen-bond donors (Lipinski definition) is 2. The fourth-order valence-electron chi connectivity index (χ4n) is 4.47. The van der Waals surface area contributed by atoms with E-state index in [4.69, 9.17) is 4.74 Å². The maximum Gasteiger partial charge on any atom is 0.321 e. The van der Waals surface area contributed by atoms with Crippen LogP contribution in [0.5, 0.6) is 5.75 Å². The molecule has 186 valence electrons. The lowest BCUT2D eigenvalue weighted by Gasteiger charge is -2.25. The van der Waals surface area contributed by atoms with Gasteiger partial charge in [-0.1, -0.05) is 44.7 Å². The predicted molar refractivity (Wildman–Crippen MR) is 140 cm³/mol. The summed E-state index contributed by atoms with van der Waals surface area (Å²) < 4.78 is 5.92. The summed E-state index contributed by atoms with van der Waals surface area (Å²) in [6.07, 6.45) is 7.84. The molecular formula is C28H41N3O3. The molecule has 2 aromatic carbocycles. The van der Waals surface area contributed by atoms with Gasteiger partial charge in [0.05, 0.1) is 6.61 Å². The van der Waals surface area contributed by atoms with Gasteiger partial charge >= 0.3 is 5.97 Å². The Morgan fingerprint density at radius 3 is 2.06 bits per heavy atom. The summed E-state index contributed by atoms with van der Waals surface area (Å²) in [6.45, 7) is 7.02. The normalized spacial score (nSPS) is 15.1. The van der Waals surface area contributed by atoms with Crippen molar-refractivity contribution in [2.24, 2.45) is 0 Å². The summed E-state index contributed by atoms with van der Waals surface area (Å²) in [5, 5.41) is 12.1. The highest BCUT2D eigenvalue weighted by molar-refractivity contribution is 5.73. The van der Waals surface area contributed by atoms with Crippen molar-refractivity contribution in [2.45, 2.75) is 57.9 Å². The maximum atomic E-state index is 11.3. The molecule has 2 N–H and O–H groups in total. The van der Waals surface area contributed by atoms with Gasteiger partial charge in [-0.05, 0) is 68.3 Å². The molecule has 1 aliphatic heterocycles. The zero-order chi connectivity index (χ0) is 24.2. The summed E-state index contributed by atoms with van der Waals surface area (Å²) in [5.74, 6) is 0.139. The molecule has 6 heteroatoms. The summed E-state index contributed by atoms with van der Waals surface area (Å²) in [6, 6.07) is 16.3. The van der Waals surface area contributed by atoms with Crippen molar-refractivity contribution in [2.75, 3.05) is 49.6 Å². The van der Waals surface area contributed by atoms with Crippen molar-refractivity contribution in [1.82, 2.24) is 5.32 Å². The summed E-state index contributed by atoms with van der Waals surface area (Å²) in [7, 11) is 1.69. The number of benzene rings is 2. The second-order valence-electron chi connectivity index (χ2n) is 9.13. The number of carboxylic acids is 1. The average molecular weight is 468 g/mol. The molecule has 1 unspecified atom stereocenters. The van der Waals surface area contributed by atoms with Crippen LogP contribution >= 0.6 is 0 Å². The topological polar surface area (TPSA) is 65.0 Å². The van der Waals surface area contributed by atoms with Crippen LogP contribution in [-0.4, -0.2) is 57.0 Å². The highest BCUT2D eigenvalue weighted by Gasteiger charge is 2.17. The number of carbonyl (C=O) groups is 1. The van der Waals surface area contributed by atoms with Gasteiger partial charge in [-0.2, -0.15) is 0 Å². The van der Waals surface area contributed by atoms with Crippen LogP contribution in [-0.2, 0) is 11.2 Å². The molecule has 1 atom stereocenters. The maximum absolute atomic E-state index is 11.3. The SMILES string of the molecule is CCCCCCCOc1ccc(N2CCCN(c3ccc(CC(NC)C(=O)O)cc3)CC2)cc1. The number of carboxylic acid groups (broad SMARTS) is 1. The molecule has 0 amide bonds. The molecule has 0 aliphatic carbocycles. The quantitative estimate of drug-likeness (QED) is 0.406. The van der Waals surface area contributed by atoms with Crippen LogP contribution in [0.1, 0.15) is 51.0 Å². The molecule has 3 rings (SSSR count). The first kappa shape index (κ1) is 25.9. The van der Waals surface area contributed by atoms with Crippen molar-refractivity contribution >= 4 is 17.3 Å². The van der Waals surface area contributed by atoms with E-state index in [1.807, 2.05) is 12.1 Å². The van der Waals surface area contributed by atoms with Crippen molar-refractivity contribution in [1.29, 1.82) is 0 Å². The predicted octanol–water partition coefficient (Wildman–Crippen LogP) is 4.97. The van der Waals surface area contributed by atoms with E-state index in [1.54, 1.807) is 7.05 Å². The largest absolute Gasteiger partial charge is 0.494 e. The number of aliphatic carboxylic acids is 1. The number of likely N-dealkylation sites (N-methyl/N-ethyl adjacent to an activating group) is 1. The second-order valence-corrected chi connectivity index (χ2v) is 9.13. The molecule has 6 nitrogen and oxygen atoms in total. The Morgan fingerprint density at radius 1 is 0.912 bits per heavy atom. The Labute approximate surface area is 204 Å². The van der Waals surface area contributed by atoms with Gasteiger partial charge in [0.25, 0.3) is 0 Å². The van der Waals surface area contributed by atoms with Crippen LogP contribution < -0.4 is 19.9 Å². The Kier molecular flexibility index (Phi) is 10.5. The van der Waals surface area contributed by atoms with E-state index >= 15 is 0 Å². The van der Waals surface area contributed by atoms with Crippen molar-refractivity contribution < 1.29 is 14.6 Å². The van der Waals surface area contributed by atoms with E-state index in [2.05, 4.69) is 58.4 Å². The van der Waals surface area contributed by atoms with Gasteiger partial charge in [0.15, 0.2) is 0 Å². The third-order valence-electron chi connectivity index (χ3n) is 6.60. The van der Waals surface area contributed by atoms with E-state index < -0.39 is 12.0 Å². The molecule has 0 aromatic heterocycles. The average Bonchev–Trinajstić information content (AvgIpc) is 3.12. The number of nitrogens with one attached hydrogen (secondary N) is 1. The Hall–Kier alpha value is -2.73. The fraction of sp³-hybridized carbons (Fsp3) is 0.536. The zero-order valence-corrected chi connectivity index (χ0v) is 20.8. The molecule has 1 fully saturated rings. The van der Waals surface area contributed by atoms with E-state index in [0.717, 1.165) is 56.9 Å². The molecule has 0 radical (unpaired) electrons. The van der Waals surface area contributed by atoms with E-state index in [0.29, 0.717) is 6.42 Å². The summed E-state index contributed by atoms with van der Waals surface area (Å²) in [4.78, 5) is 16.1. The van der Waals surface area contributed by atoms with Crippen LogP contribution in [0.25, 0.3) is 0 Å². The second kappa shape index (κ2) is 13.9. The number of unbranched alkanes of at least 4 members (excludes halogenated alkanes) is 4. The van der Waals surface area contributed by atoms with E-state index in [1.165, 1.54) is 37.1 Å². The monoisotopic (exact) mass is 467 g/mol. The van der Waals surface area contributed by atoms with Gasteiger partial charge in [-0.15, -0.1) is 0 Å². The van der Waals surface area contributed by atoms with Gasteiger partial charge in [0.1, 0.15) is 11.8 Å². The van der Waals surface area contributed by atoms with Gasteiger partial charge in [0.2, 0.25) is 0 Å². The molecule has 34 heavy (non-hydrogen) atoms. The van der Waals surface area contributed by atoms with Gasteiger partial charge in [-0.3, -0.25) is 4.79 Å². The minimum absolute atomic E-state index is 0.485. The standard InChI is InChI=1S/C28H41N3O3/c1-3-4-5-6-7-21-34-26-15-13-25(14-16-26)31-18-8-17-30(19-20-31)24-11-9-23(10-12-24)22-27(29-2)28(32)33/h9-16,27,29H,3-8,17-22H2,1-2H3,(H,32,33). The summed E-state index contributed by atoms with van der Waals surface area (Å²) >= 11 is 0. The molecular weight excluding hydrogens is 426 g/mol. The molecule has 0 bridgehead atoms. The van der Waals surface area contributed by atoms with Gasteiger partial charge < -0.3 is 25.0 Å². The molecule has 0 spiro atoms. The number of ether oxygens (including phenoxy) is 1. The van der Waals surface area contributed by atoms with Crippen LogP contribution in [0.15, 0.2) is 48.5 Å². The van der Waals surface area contributed by atoms with Crippen LogP contribution in [0.3, 0.4) is 0 Å². The highest BCUT2D eigenvalue weighted by atomic mass is 16.5. The minimum atomic E-state index is -0.818. The molecule has 1 aliphatic rings. The Morgan fingerprint density at radius 2 is 1.50 bits per heavy atom. The summed E-state index contributed by atoms with van der Waals surface area (Å²) in [5.41, 5.74) is 3.48. The van der Waals surface area contributed by atoms with Crippen molar-refractivity contribution in [3.05, 3.63) is 54.1 Å². The Bertz CT molecular complexity index is 854. The number of anilines is 2. The van der Waals surface area contributed by atoms with Gasteiger partial charge in [0, 0.05) is 37.6 Å². The lowest BCUT2D eigenvalue weighted by molar-refractivity contribution is -0.139. The number of hydrogen-bond acceptors (Lipinski definition) is 5. The van der Waals surface area contributed by atoms with Crippen LogP contribution in [0, 0.1) is 0 Å². The fourth-order valence-corrected chi connectivity index (χ4v) is 4.47. The first-order chi connectivity index (χ1) is 16.6. The molecule has 2 aromatic rings. The van der Waals surface area contributed by atoms with E-state index in [-0.39, 0.29) is 0 Å². The van der Waals surface area contributed by atoms with E-state index in [9.17, 15) is 9.90 Å². The lowest BCUT2D eigenvalue weighted by atomic mass is 10.1. The first-order valence-corrected chi connectivity index (χ1v) is 12.8. The number of nitrogens with zero attached hydrogens (tertiary/aromatic N) is 2. The van der Waals surface area contributed by atoms with Crippen molar-refractivity contribution in [3.8, 4) is 5.75 Å². The van der Waals surface area contributed by atoms with Crippen LogP contribution in [0.4, 0.5) is 11.4 Å². The van der Waals surface area contributed by atoms with Gasteiger partial charge in [-0.25, -0.2) is 0 Å². The zero-order valence-electron chi connectivity index (χ0n) is 20.8.